The fourth-order valence-corrected chi connectivity index (χ4v) is 3.17. The Bertz CT molecular complexity index is 811. The molecule has 112 valence electrons. The Kier molecular flexibility index (Phi) is 3.60. The highest BCUT2D eigenvalue weighted by Gasteiger charge is 2.24. The lowest BCUT2D eigenvalue weighted by molar-refractivity contribution is 0.0692. The molecule has 8 nitrogen and oxygen atoms in total. The number of nitrogen functional groups attached to an aromatic ring is 1. The van der Waals surface area contributed by atoms with Gasteiger partial charge in [0.15, 0.2) is 0 Å². The third kappa shape index (κ3) is 2.97. The third-order valence-electron chi connectivity index (χ3n) is 2.78. The molecule has 0 radical (unpaired) electrons. The van der Waals surface area contributed by atoms with Gasteiger partial charge in [0.1, 0.15) is 4.90 Å². The second-order valence-electron chi connectivity index (χ2n) is 4.47. The fourth-order valence-electron chi connectivity index (χ4n) is 1.84. The Labute approximate surface area is 121 Å². The maximum Gasteiger partial charge on any atom is 0.337 e. The number of aryl methyl sites for hydroxylation is 2. The molecule has 2 rings (SSSR count). The van der Waals surface area contributed by atoms with Gasteiger partial charge in [0.25, 0.3) is 10.0 Å². The van der Waals surface area contributed by atoms with Crippen LogP contribution in [0.5, 0.6) is 0 Å². The van der Waals surface area contributed by atoms with Crippen molar-refractivity contribution in [2.75, 3.05) is 10.5 Å². The van der Waals surface area contributed by atoms with Gasteiger partial charge in [-0.3, -0.25) is 9.40 Å². The fraction of sp³-hybridized carbons (Fsp3) is 0.167. The van der Waals surface area contributed by atoms with Gasteiger partial charge in [0.05, 0.1) is 16.9 Å². The van der Waals surface area contributed by atoms with Crippen LogP contribution in [0, 0.1) is 6.92 Å². The molecule has 0 aliphatic rings. The van der Waals surface area contributed by atoms with Crippen LogP contribution >= 0.6 is 0 Å². The highest BCUT2D eigenvalue weighted by molar-refractivity contribution is 7.92. The zero-order valence-corrected chi connectivity index (χ0v) is 12.2. The maximum absolute atomic E-state index is 12.4. The van der Waals surface area contributed by atoms with Gasteiger partial charge in [-0.15, -0.1) is 0 Å². The molecule has 0 saturated carbocycles. The summed E-state index contributed by atoms with van der Waals surface area (Å²) in [7, 11) is -2.44. The molecule has 1 heterocycles. The molecular weight excluding hydrogens is 296 g/mol. The molecule has 0 saturated heterocycles. The number of nitrogens with one attached hydrogen (secondary N) is 1. The van der Waals surface area contributed by atoms with E-state index in [9.17, 15) is 13.2 Å². The van der Waals surface area contributed by atoms with E-state index in [2.05, 4.69) is 9.82 Å². The average Bonchev–Trinajstić information content (AvgIpc) is 2.66. The number of nitrogens with two attached hydrogens (primary N) is 1. The lowest BCUT2D eigenvalue weighted by Gasteiger charge is -2.10. The molecule has 0 fully saturated rings. The van der Waals surface area contributed by atoms with Crippen molar-refractivity contribution >= 4 is 27.4 Å². The van der Waals surface area contributed by atoms with E-state index >= 15 is 0 Å². The van der Waals surface area contributed by atoms with Crippen molar-refractivity contribution in [3.05, 3.63) is 35.7 Å². The van der Waals surface area contributed by atoms with Crippen LogP contribution in [0.15, 0.2) is 29.3 Å². The monoisotopic (exact) mass is 310 g/mol. The van der Waals surface area contributed by atoms with Gasteiger partial charge in [-0.1, -0.05) is 0 Å². The summed E-state index contributed by atoms with van der Waals surface area (Å²) in [5.74, 6) is -1.35. The number of rotatable bonds is 4. The molecule has 1 aromatic carbocycles. The first-order valence-corrected chi connectivity index (χ1v) is 7.35. The number of sulfonamides is 1. The van der Waals surface area contributed by atoms with Crippen LogP contribution in [0.4, 0.5) is 11.4 Å². The summed E-state index contributed by atoms with van der Waals surface area (Å²) in [6, 6.07) is 3.59. The van der Waals surface area contributed by atoms with Gasteiger partial charge in [-0.05, 0) is 25.1 Å². The van der Waals surface area contributed by atoms with Crippen molar-refractivity contribution in [1.82, 2.24) is 9.78 Å². The van der Waals surface area contributed by atoms with Crippen molar-refractivity contribution < 1.29 is 18.3 Å². The second-order valence-corrected chi connectivity index (χ2v) is 6.12. The first-order chi connectivity index (χ1) is 9.70. The van der Waals surface area contributed by atoms with Crippen LogP contribution in [-0.2, 0) is 17.1 Å². The number of benzene rings is 1. The van der Waals surface area contributed by atoms with E-state index in [0.29, 0.717) is 5.69 Å². The van der Waals surface area contributed by atoms with E-state index in [1.165, 1.54) is 16.9 Å². The molecule has 0 unspecified atom stereocenters. The topological polar surface area (TPSA) is 127 Å². The average molecular weight is 310 g/mol. The minimum Gasteiger partial charge on any atom is -0.478 e. The third-order valence-corrected chi connectivity index (χ3v) is 4.19. The van der Waals surface area contributed by atoms with Crippen molar-refractivity contribution in [3.8, 4) is 0 Å². The number of nitrogens with zero attached hydrogens (tertiary/aromatic N) is 2. The first-order valence-electron chi connectivity index (χ1n) is 5.86. The molecule has 0 spiro atoms. The van der Waals surface area contributed by atoms with Gasteiger partial charge in [0.2, 0.25) is 0 Å². The second kappa shape index (κ2) is 5.09. The normalized spacial score (nSPS) is 11.3. The summed E-state index contributed by atoms with van der Waals surface area (Å²) in [5, 5.41) is 13.1. The smallest absolute Gasteiger partial charge is 0.337 e. The van der Waals surface area contributed by atoms with Crippen LogP contribution < -0.4 is 10.5 Å². The van der Waals surface area contributed by atoms with E-state index in [0.717, 1.165) is 12.1 Å². The molecule has 1 aromatic heterocycles. The lowest BCUT2D eigenvalue weighted by atomic mass is 10.2. The Hall–Kier alpha value is -2.55. The number of carbonyl (C=O) groups is 1. The first kappa shape index (κ1) is 14.9. The number of hydrogen-bond acceptors (Lipinski definition) is 5. The number of aromatic nitrogens is 2. The summed E-state index contributed by atoms with van der Waals surface area (Å²) < 4.78 is 28.5. The highest BCUT2D eigenvalue weighted by Crippen LogP contribution is 2.23. The zero-order valence-electron chi connectivity index (χ0n) is 11.4. The van der Waals surface area contributed by atoms with Crippen LogP contribution in [0.1, 0.15) is 16.1 Å². The molecule has 0 amide bonds. The summed E-state index contributed by atoms with van der Waals surface area (Å²) >= 11 is 0. The number of carboxylic acids is 1. The van der Waals surface area contributed by atoms with Gasteiger partial charge in [-0.25, -0.2) is 13.2 Å². The number of anilines is 2. The minimum atomic E-state index is -4.08. The zero-order chi connectivity index (χ0) is 15.8. The minimum absolute atomic E-state index is 0.156. The molecule has 0 aliphatic heterocycles. The molecule has 0 atom stereocenters. The molecule has 21 heavy (non-hydrogen) atoms. The van der Waals surface area contributed by atoms with E-state index in [-0.39, 0.29) is 16.9 Å². The van der Waals surface area contributed by atoms with E-state index in [1.807, 2.05) is 0 Å². The molecule has 4 N–H and O–H groups in total. The standard InChI is InChI=1S/C12H14N4O4S/c1-7-10(6-16(2)14-7)15-21(19,20)11-5-8(13)3-4-9(11)12(17)18/h3-6,15H,13H2,1-2H3,(H,17,18). The van der Waals surface area contributed by atoms with Crippen LogP contribution in [0.2, 0.25) is 0 Å². The Morgan fingerprint density at radius 2 is 2.10 bits per heavy atom. The molecule has 9 heteroatoms. The Morgan fingerprint density at radius 1 is 1.43 bits per heavy atom. The summed E-state index contributed by atoms with van der Waals surface area (Å²) in [5.41, 5.74) is 6.11. The van der Waals surface area contributed by atoms with Crippen LogP contribution in [0.3, 0.4) is 0 Å². The maximum atomic E-state index is 12.4. The molecule has 0 aliphatic carbocycles. The Balaban J connectivity index is 2.51. The number of aromatic carboxylic acids is 1. The van der Waals surface area contributed by atoms with E-state index in [4.69, 9.17) is 10.8 Å². The Morgan fingerprint density at radius 3 is 2.62 bits per heavy atom. The summed E-state index contributed by atoms with van der Waals surface area (Å²) in [6.45, 7) is 1.63. The molecule has 2 aromatic rings. The van der Waals surface area contributed by atoms with E-state index < -0.39 is 20.9 Å². The van der Waals surface area contributed by atoms with Gasteiger partial charge >= 0.3 is 5.97 Å². The van der Waals surface area contributed by atoms with Gasteiger partial charge < -0.3 is 10.8 Å². The summed E-state index contributed by atoms with van der Waals surface area (Å²) in [6.07, 6.45) is 1.49. The molecular formula is C12H14N4O4S. The lowest BCUT2D eigenvalue weighted by Crippen LogP contribution is -2.17. The van der Waals surface area contributed by atoms with Crippen LogP contribution in [-0.4, -0.2) is 29.3 Å². The highest BCUT2D eigenvalue weighted by atomic mass is 32.2. The number of hydrogen-bond donors (Lipinski definition) is 3. The summed E-state index contributed by atoms with van der Waals surface area (Å²) in [4.78, 5) is 10.8. The van der Waals surface area contributed by atoms with Gasteiger partial charge in [0, 0.05) is 18.9 Å². The quantitative estimate of drug-likeness (QED) is 0.717. The van der Waals surface area contributed by atoms with E-state index in [1.54, 1.807) is 14.0 Å². The predicted octanol–water partition coefficient (Wildman–Crippen LogP) is 0.810. The van der Waals surface area contributed by atoms with Crippen LogP contribution in [0.25, 0.3) is 0 Å². The number of carboxylic acid groups (broad SMARTS) is 1. The SMILES string of the molecule is Cc1nn(C)cc1NS(=O)(=O)c1cc(N)ccc1C(=O)O. The van der Waals surface area contributed by atoms with Crippen molar-refractivity contribution in [3.63, 3.8) is 0 Å². The van der Waals surface area contributed by atoms with Crippen molar-refractivity contribution in [2.45, 2.75) is 11.8 Å². The largest absolute Gasteiger partial charge is 0.478 e. The van der Waals surface area contributed by atoms with Crippen molar-refractivity contribution in [1.29, 1.82) is 0 Å². The molecule has 0 bridgehead atoms. The predicted molar refractivity (Wildman–Crippen MR) is 76.6 cm³/mol. The van der Waals surface area contributed by atoms with Gasteiger partial charge in [-0.2, -0.15) is 5.10 Å². The van der Waals surface area contributed by atoms with Crippen molar-refractivity contribution in [2.24, 2.45) is 7.05 Å².